The number of carbonyl (C=O) groups is 1. The van der Waals surface area contributed by atoms with E-state index in [1.54, 1.807) is 32.2 Å². The van der Waals surface area contributed by atoms with Crippen molar-refractivity contribution < 1.29 is 28.5 Å². The number of carboxylic acids is 1. The summed E-state index contributed by atoms with van der Waals surface area (Å²) in [7, 11) is 0. The van der Waals surface area contributed by atoms with Gasteiger partial charge in [-0.3, -0.25) is 0 Å². The van der Waals surface area contributed by atoms with Crippen LogP contribution in [0.2, 0.25) is 0 Å². The highest BCUT2D eigenvalue weighted by molar-refractivity contribution is 5.82. The first-order valence-corrected chi connectivity index (χ1v) is 15.2. The number of fused-ring (bicyclic) bond motifs is 2. The summed E-state index contributed by atoms with van der Waals surface area (Å²) in [4.78, 5) is 17.6. The molecule has 0 spiro atoms. The minimum atomic E-state index is -1.36. The van der Waals surface area contributed by atoms with Crippen molar-refractivity contribution in [2.24, 2.45) is 0 Å². The highest BCUT2D eigenvalue weighted by Gasteiger charge is 2.35. The molecule has 3 aliphatic rings. The third-order valence-electron chi connectivity index (χ3n) is 8.11. The molecule has 2 unspecified atom stereocenters. The van der Waals surface area contributed by atoms with E-state index < -0.39 is 23.5 Å². The number of aryl methyl sites for hydroxylation is 1. The summed E-state index contributed by atoms with van der Waals surface area (Å²) in [5, 5.41) is 15.4. The minimum Gasteiger partial charge on any atom is -0.490 e. The van der Waals surface area contributed by atoms with Gasteiger partial charge in [0.05, 0.1) is 23.6 Å². The number of aromatic nitrogens is 3. The van der Waals surface area contributed by atoms with E-state index in [4.69, 9.17) is 24.3 Å². The summed E-state index contributed by atoms with van der Waals surface area (Å²) in [6.45, 7) is 9.56. The van der Waals surface area contributed by atoms with Crippen molar-refractivity contribution in [2.45, 2.75) is 84.5 Å². The van der Waals surface area contributed by atoms with Gasteiger partial charge >= 0.3 is 5.97 Å². The fourth-order valence-corrected chi connectivity index (χ4v) is 6.13. The Morgan fingerprint density at radius 2 is 2.02 bits per heavy atom. The highest BCUT2D eigenvalue weighted by atomic mass is 19.1. The molecule has 0 bridgehead atoms. The molecule has 0 saturated heterocycles. The molecule has 1 N–H and O–H groups in total. The molecule has 3 heterocycles. The van der Waals surface area contributed by atoms with Crippen molar-refractivity contribution in [2.75, 3.05) is 6.61 Å². The molecule has 0 saturated carbocycles. The lowest BCUT2D eigenvalue weighted by Crippen LogP contribution is -2.29. The molecule has 1 aliphatic heterocycles. The fourth-order valence-electron chi connectivity index (χ4n) is 6.13. The van der Waals surface area contributed by atoms with E-state index >= 15 is 4.39 Å². The average Bonchev–Trinajstić information content (AvgIpc) is 3.41. The monoisotopic (exact) mass is 599 g/mol. The van der Waals surface area contributed by atoms with Crippen molar-refractivity contribution in [3.8, 4) is 17.0 Å². The lowest BCUT2D eigenvalue weighted by Gasteiger charge is -2.28. The number of benzene rings is 1. The van der Waals surface area contributed by atoms with Gasteiger partial charge in [-0.15, -0.1) is 0 Å². The van der Waals surface area contributed by atoms with Gasteiger partial charge < -0.3 is 19.3 Å². The van der Waals surface area contributed by atoms with Crippen molar-refractivity contribution in [1.29, 1.82) is 0 Å². The van der Waals surface area contributed by atoms with Crippen LogP contribution in [0.5, 0.6) is 5.75 Å². The molecule has 9 heteroatoms. The van der Waals surface area contributed by atoms with Crippen LogP contribution in [0.15, 0.2) is 54.3 Å². The number of hydrogen-bond donors (Lipinski definition) is 1. The van der Waals surface area contributed by atoms with E-state index in [0.717, 1.165) is 48.1 Å². The standard InChI is InChI=1S/C35H38FN3O5/c1-20-25-15-10-16-42-32(25)27(36)18-26(20)31-30(33(34(40)41)44-35(3,4)5)21(2)37-29-19-28(38-39(29)31)22-11-9-14-24(17-22)43-23-12-7-6-8-13-23/h6-8,12,14,17-19,23,33H,9-11,13,15-16H2,1-5H3,(H,40,41). The predicted octanol–water partition coefficient (Wildman–Crippen LogP) is 7.38. The Bertz CT molecular complexity index is 1760. The van der Waals surface area contributed by atoms with E-state index in [-0.39, 0.29) is 11.9 Å². The van der Waals surface area contributed by atoms with Gasteiger partial charge in [-0.2, -0.15) is 5.10 Å². The molecule has 3 aromatic rings. The number of rotatable bonds is 7. The van der Waals surface area contributed by atoms with E-state index in [0.29, 0.717) is 46.9 Å². The van der Waals surface area contributed by atoms with Crippen LogP contribution in [-0.2, 0) is 20.7 Å². The molecule has 2 aliphatic carbocycles. The molecule has 8 nitrogen and oxygen atoms in total. The Labute approximate surface area is 256 Å². The summed E-state index contributed by atoms with van der Waals surface area (Å²) < 4.78 is 35.3. The zero-order chi connectivity index (χ0) is 31.2. The molecule has 2 aromatic heterocycles. The molecule has 0 fully saturated rings. The predicted molar refractivity (Wildman–Crippen MR) is 166 cm³/mol. The van der Waals surface area contributed by atoms with Gasteiger partial charge in [0.15, 0.2) is 23.3 Å². The third kappa shape index (κ3) is 5.80. The van der Waals surface area contributed by atoms with E-state index in [1.165, 1.54) is 6.07 Å². The van der Waals surface area contributed by atoms with Crippen LogP contribution in [0, 0.1) is 19.7 Å². The number of carboxylic acid groups (broad SMARTS) is 1. The van der Waals surface area contributed by atoms with Crippen LogP contribution in [0.4, 0.5) is 4.39 Å². The SMILES string of the molecule is Cc1nc2cc(C3=CC(OC4C=CC=CC4)=CCC3)nn2c(-c2cc(F)c3c(c2C)CCCO3)c1C(OC(C)(C)C)C(=O)O. The molecule has 0 radical (unpaired) electrons. The van der Waals surface area contributed by atoms with Gasteiger partial charge in [0, 0.05) is 34.9 Å². The smallest absolute Gasteiger partial charge is 0.337 e. The molecular formula is C35H38FN3O5. The second-order valence-corrected chi connectivity index (χ2v) is 12.5. The maximum Gasteiger partial charge on any atom is 0.337 e. The van der Waals surface area contributed by atoms with Gasteiger partial charge in [-0.25, -0.2) is 18.7 Å². The number of halogens is 1. The zero-order valence-corrected chi connectivity index (χ0v) is 25.8. The van der Waals surface area contributed by atoms with Gasteiger partial charge in [0.1, 0.15) is 11.9 Å². The number of ether oxygens (including phenoxy) is 3. The molecule has 0 amide bonds. The minimum absolute atomic E-state index is 0.0250. The number of aliphatic carboxylic acids is 1. The summed E-state index contributed by atoms with van der Waals surface area (Å²) in [5.41, 5.74) is 4.83. The van der Waals surface area contributed by atoms with Gasteiger partial charge in [0.25, 0.3) is 0 Å². The first kappa shape index (κ1) is 29.8. The molecular weight excluding hydrogens is 561 g/mol. The van der Waals surface area contributed by atoms with E-state index in [2.05, 4.69) is 12.2 Å². The Morgan fingerprint density at radius 1 is 1.20 bits per heavy atom. The summed E-state index contributed by atoms with van der Waals surface area (Å²) >= 11 is 0. The van der Waals surface area contributed by atoms with Gasteiger partial charge in [-0.05, 0) is 95.7 Å². The average molecular weight is 600 g/mol. The zero-order valence-electron chi connectivity index (χ0n) is 25.8. The summed E-state index contributed by atoms with van der Waals surface area (Å²) in [5.74, 6) is -0.600. The first-order valence-electron chi connectivity index (χ1n) is 15.2. The maximum absolute atomic E-state index is 15.6. The summed E-state index contributed by atoms with van der Waals surface area (Å²) in [6, 6.07) is 3.32. The maximum atomic E-state index is 15.6. The Hall–Kier alpha value is -4.24. The first-order chi connectivity index (χ1) is 21.0. The van der Waals surface area contributed by atoms with Crippen LogP contribution in [0.25, 0.3) is 22.5 Å². The van der Waals surface area contributed by atoms with Gasteiger partial charge in [-0.1, -0.05) is 18.2 Å². The fraction of sp³-hybridized carbons (Fsp3) is 0.400. The van der Waals surface area contributed by atoms with Crippen LogP contribution in [0.1, 0.15) is 80.6 Å². The number of allylic oxidation sites excluding steroid dienone is 5. The lowest BCUT2D eigenvalue weighted by atomic mass is 9.91. The molecule has 2 atom stereocenters. The van der Waals surface area contributed by atoms with Crippen LogP contribution in [0.3, 0.4) is 0 Å². The van der Waals surface area contributed by atoms with E-state index in [1.807, 2.05) is 37.3 Å². The van der Waals surface area contributed by atoms with Gasteiger partial charge in [0.2, 0.25) is 0 Å². The number of nitrogens with zero attached hydrogens (tertiary/aromatic N) is 3. The number of hydrogen-bond acceptors (Lipinski definition) is 6. The van der Waals surface area contributed by atoms with Crippen LogP contribution in [-0.4, -0.2) is 44.0 Å². The Balaban J connectivity index is 1.54. The second kappa shape index (κ2) is 11.7. The second-order valence-electron chi connectivity index (χ2n) is 12.5. The van der Waals surface area contributed by atoms with E-state index in [9.17, 15) is 9.90 Å². The topological polar surface area (TPSA) is 95.2 Å². The van der Waals surface area contributed by atoms with Crippen molar-refractivity contribution in [3.05, 3.63) is 88.2 Å². The quantitative estimate of drug-likeness (QED) is 0.303. The van der Waals surface area contributed by atoms with Crippen molar-refractivity contribution >= 4 is 17.2 Å². The molecule has 1 aromatic carbocycles. The highest BCUT2D eigenvalue weighted by Crippen LogP contribution is 2.42. The van der Waals surface area contributed by atoms with Crippen molar-refractivity contribution in [3.63, 3.8) is 0 Å². The molecule has 6 rings (SSSR count). The van der Waals surface area contributed by atoms with Crippen LogP contribution < -0.4 is 4.74 Å². The van der Waals surface area contributed by atoms with Crippen LogP contribution >= 0.6 is 0 Å². The lowest BCUT2D eigenvalue weighted by molar-refractivity contribution is -0.160. The summed E-state index contributed by atoms with van der Waals surface area (Å²) in [6.07, 6.45) is 14.6. The normalized spacial score (nSPS) is 18.8. The van der Waals surface area contributed by atoms with Crippen molar-refractivity contribution in [1.82, 2.24) is 14.6 Å². The third-order valence-corrected chi connectivity index (χ3v) is 8.11. The molecule has 44 heavy (non-hydrogen) atoms. The Kier molecular flexibility index (Phi) is 7.92. The largest absolute Gasteiger partial charge is 0.490 e. The molecule has 230 valence electrons. The Morgan fingerprint density at radius 3 is 2.75 bits per heavy atom.